The summed E-state index contributed by atoms with van der Waals surface area (Å²) in [4.78, 5) is 0. The molecule has 0 unspecified atom stereocenters. The van der Waals surface area contributed by atoms with Crippen molar-refractivity contribution in [3.63, 3.8) is 0 Å². The lowest BCUT2D eigenvalue weighted by molar-refractivity contribution is 0.612. The molecule has 1 aromatic carbocycles. The largest absolute Gasteiger partial charge is 0.398 e. The number of nitrogens with two attached hydrogens (primary N) is 1. The van der Waals surface area contributed by atoms with Gasteiger partial charge in [0.1, 0.15) is 6.07 Å². The summed E-state index contributed by atoms with van der Waals surface area (Å²) in [6.07, 6.45) is 0.736. The number of nitriles is 1. The van der Waals surface area contributed by atoms with Crippen LogP contribution in [0.5, 0.6) is 0 Å². The fourth-order valence-electron chi connectivity index (χ4n) is 1.38. The van der Waals surface area contributed by atoms with Crippen molar-refractivity contribution in [3.8, 4) is 6.07 Å². The Kier molecular flexibility index (Phi) is 3.70. The number of nitrogen functional groups attached to an aromatic ring is 1. The first-order chi connectivity index (χ1) is 6.97. The molecular weight excluding hydrogens is 259 g/mol. The van der Waals surface area contributed by atoms with E-state index in [0.29, 0.717) is 11.6 Å². The fourth-order valence-corrected chi connectivity index (χ4v) is 1.85. The molecular formula is C11H12BrFN2. The van der Waals surface area contributed by atoms with Crippen LogP contribution < -0.4 is 5.73 Å². The molecule has 0 aliphatic heterocycles. The van der Waals surface area contributed by atoms with Crippen molar-refractivity contribution < 1.29 is 4.39 Å². The molecule has 0 aliphatic rings. The molecule has 0 saturated heterocycles. The van der Waals surface area contributed by atoms with Crippen molar-refractivity contribution in [2.24, 2.45) is 5.92 Å². The molecule has 0 radical (unpaired) electrons. The Labute approximate surface area is 97.0 Å². The van der Waals surface area contributed by atoms with Crippen LogP contribution in [0.4, 0.5) is 10.1 Å². The third kappa shape index (κ3) is 2.48. The molecule has 0 spiro atoms. The lowest BCUT2D eigenvalue weighted by Gasteiger charge is -2.11. The second-order valence-electron chi connectivity index (χ2n) is 3.83. The van der Waals surface area contributed by atoms with E-state index in [1.165, 1.54) is 6.07 Å². The van der Waals surface area contributed by atoms with Crippen LogP contribution in [0.1, 0.15) is 25.0 Å². The maximum atomic E-state index is 13.4. The molecule has 1 rings (SSSR count). The maximum absolute atomic E-state index is 13.4. The standard InChI is InChI=1S/C11H12BrFN2/c1-6(2)3-7-4-8(5-14)10(13)9(12)11(7)15/h4,6H,3,15H2,1-2H3. The number of hydrogen-bond acceptors (Lipinski definition) is 2. The first-order valence-electron chi connectivity index (χ1n) is 4.63. The van der Waals surface area contributed by atoms with Gasteiger partial charge in [-0.25, -0.2) is 4.39 Å². The van der Waals surface area contributed by atoms with E-state index in [2.05, 4.69) is 15.9 Å². The Morgan fingerprint density at radius 3 is 2.67 bits per heavy atom. The molecule has 0 heterocycles. The lowest BCUT2D eigenvalue weighted by Crippen LogP contribution is -2.03. The van der Waals surface area contributed by atoms with Crippen molar-refractivity contribution in [2.45, 2.75) is 20.3 Å². The molecule has 2 nitrogen and oxygen atoms in total. The summed E-state index contributed by atoms with van der Waals surface area (Å²) < 4.78 is 13.6. The highest BCUT2D eigenvalue weighted by atomic mass is 79.9. The van der Waals surface area contributed by atoms with E-state index in [-0.39, 0.29) is 10.0 Å². The van der Waals surface area contributed by atoms with Crippen LogP contribution in [0.25, 0.3) is 0 Å². The molecule has 2 N–H and O–H groups in total. The Hall–Kier alpha value is -1.08. The van der Waals surface area contributed by atoms with Crippen molar-refractivity contribution in [1.82, 2.24) is 0 Å². The molecule has 0 fully saturated rings. The van der Waals surface area contributed by atoms with Crippen LogP contribution >= 0.6 is 15.9 Å². The topological polar surface area (TPSA) is 49.8 Å². The summed E-state index contributed by atoms with van der Waals surface area (Å²) >= 11 is 3.06. The zero-order valence-electron chi connectivity index (χ0n) is 8.64. The van der Waals surface area contributed by atoms with Gasteiger partial charge < -0.3 is 5.73 Å². The Bertz CT molecular complexity index is 422. The maximum Gasteiger partial charge on any atom is 0.157 e. The zero-order valence-corrected chi connectivity index (χ0v) is 10.2. The molecule has 0 saturated carbocycles. The molecule has 0 aliphatic carbocycles. The van der Waals surface area contributed by atoms with Gasteiger partial charge in [-0.1, -0.05) is 13.8 Å². The third-order valence-electron chi connectivity index (χ3n) is 2.08. The van der Waals surface area contributed by atoms with Gasteiger partial charge in [0.15, 0.2) is 5.82 Å². The molecule has 80 valence electrons. The normalized spacial score (nSPS) is 10.4. The van der Waals surface area contributed by atoms with E-state index in [1.807, 2.05) is 19.9 Å². The third-order valence-corrected chi connectivity index (χ3v) is 2.85. The predicted molar refractivity (Wildman–Crippen MR) is 61.8 cm³/mol. The van der Waals surface area contributed by atoms with Gasteiger partial charge in [0.25, 0.3) is 0 Å². The second-order valence-corrected chi connectivity index (χ2v) is 4.63. The average molecular weight is 271 g/mol. The lowest BCUT2D eigenvalue weighted by atomic mass is 9.99. The minimum absolute atomic E-state index is 0.0340. The number of rotatable bonds is 2. The molecule has 0 bridgehead atoms. The number of hydrogen-bond donors (Lipinski definition) is 1. The predicted octanol–water partition coefficient (Wildman–Crippen LogP) is 3.24. The number of anilines is 1. The van der Waals surface area contributed by atoms with Crippen LogP contribution in [-0.2, 0) is 6.42 Å². The highest BCUT2D eigenvalue weighted by molar-refractivity contribution is 9.10. The summed E-state index contributed by atoms with van der Waals surface area (Å²) in [5.41, 5.74) is 7.00. The number of benzene rings is 1. The zero-order chi connectivity index (χ0) is 11.6. The smallest absolute Gasteiger partial charge is 0.157 e. The van der Waals surface area contributed by atoms with Gasteiger partial charge in [0.05, 0.1) is 15.7 Å². The summed E-state index contributed by atoms with van der Waals surface area (Å²) in [5.74, 6) is -0.168. The molecule has 15 heavy (non-hydrogen) atoms. The molecule has 0 amide bonds. The Morgan fingerprint density at radius 1 is 1.60 bits per heavy atom. The van der Waals surface area contributed by atoms with Crippen LogP contribution in [-0.4, -0.2) is 0 Å². The summed E-state index contributed by atoms with van der Waals surface area (Å²) in [5, 5.41) is 8.74. The highest BCUT2D eigenvalue weighted by Crippen LogP contribution is 2.30. The average Bonchev–Trinajstić information content (AvgIpc) is 2.18. The van der Waals surface area contributed by atoms with Crippen molar-refractivity contribution in [2.75, 3.05) is 5.73 Å². The van der Waals surface area contributed by atoms with Gasteiger partial charge in [-0.3, -0.25) is 0 Å². The quantitative estimate of drug-likeness (QED) is 0.839. The van der Waals surface area contributed by atoms with Gasteiger partial charge >= 0.3 is 0 Å². The molecule has 1 aromatic rings. The van der Waals surface area contributed by atoms with Gasteiger partial charge in [-0.15, -0.1) is 0 Å². The van der Waals surface area contributed by atoms with Gasteiger partial charge in [-0.05, 0) is 39.9 Å². The Balaban J connectivity index is 3.30. The van der Waals surface area contributed by atoms with E-state index < -0.39 is 5.82 Å². The Morgan fingerprint density at radius 2 is 2.20 bits per heavy atom. The highest BCUT2D eigenvalue weighted by Gasteiger charge is 2.14. The van der Waals surface area contributed by atoms with Crippen LogP contribution in [0, 0.1) is 23.1 Å². The van der Waals surface area contributed by atoms with Crippen molar-refractivity contribution >= 4 is 21.6 Å². The molecule has 0 aromatic heterocycles. The minimum Gasteiger partial charge on any atom is -0.398 e. The molecule has 0 atom stereocenters. The van der Waals surface area contributed by atoms with E-state index in [4.69, 9.17) is 11.0 Å². The van der Waals surface area contributed by atoms with Gasteiger partial charge in [-0.2, -0.15) is 5.26 Å². The van der Waals surface area contributed by atoms with Crippen LogP contribution in [0.2, 0.25) is 0 Å². The van der Waals surface area contributed by atoms with Crippen molar-refractivity contribution in [1.29, 1.82) is 5.26 Å². The van der Waals surface area contributed by atoms with Crippen molar-refractivity contribution in [3.05, 3.63) is 27.5 Å². The van der Waals surface area contributed by atoms with E-state index in [1.54, 1.807) is 0 Å². The first kappa shape index (κ1) is 12.0. The van der Waals surface area contributed by atoms with Crippen LogP contribution in [0.15, 0.2) is 10.5 Å². The first-order valence-corrected chi connectivity index (χ1v) is 5.43. The summed E-state index contributed by atoms with van der Waals surface area (Å²) in [7, 11) is 0. The minimum atomic E-state index is -0.581. The SMILES string of the molecule is CC(C)Cc1cc(C#N)c(F)c(Br)c1N. The van der Waals surface area contributed by atoms with Crippen LogP contribution in [0.3, 0.4) is 0 Å². The summed E-state index contributed by atoms with van der Waals surface area (Å²) in [6.45, 7) is 4.09. The van der Waals surface area contributed by atoms with E-state index in [0.717, 1.165) is 12.0 Å². The number of nitrogens with zero attached hydrogens (tertiary/aromatic N) is 1. The fraction of sp³-hybridized carbons (Fsp3) is 0.364. The van der Waals surface area contributed by atoms with Gasteiger partial charge in [0, 0.05) is 0 Å². The van der Waals surface area contributed by atoms with E-state index >= 15 is 0 Å². The monoisotopic (exact) mass is 270 g/mol. The van der Waals surface area contributed by atoms with Gasteiger partial charge in [0.2, 0.25) is 0 Å². The second kappa shape index (κ2) is 4.63. The number of halogens is 2. The molecule has 4 heteroatoms. The van der Waals surface area contributed by atoms with E-state index in [9.17, 15) is 4.39 Å². The summed E-state index contributed by atoms with van der Waals surface area (Å²) in [6, 6.07) is 3.34.